The van der Waals surface area contributed by atoms with Crippen LogP contribution in [0.15, 0.2) is 48.5 Å². The number of anilines is 2. The first-order valence-electron chi connectivity index (χ1n) is 12.2. The molecule has 11 heteroatoms. The summed E-state index contributed by atoms with van der Waals surface area (Å²) >= 11 is 12.5. The number of hydrogen-bond donors (Lipinski definition) is 1. The molecule has 1 saturated carbocycles. The summed E-state index contributed by atoms with van der Waals surface area (Å²) in [6, 6.07) is 12.0. The molecule has 2 aliphatic rings. The summed E-state index contributed by atoms with van der Waals surface area (Å²) in [4.78, 5) is 63.8. The van der Waals surface area contributed by atoms with Crippen LogP contribution >= 0.6 is 23.2 Å². The number of nitrogens with one attached hydrogen (secondary N) is 1. The Morgan fingerprint density at radius 2 is 1.50 bits per heavy atom. The fourth-order valence-corrected chi connectivity index (χ4v) is 5.09. The maximum absolute atomic E-state index is 13.0. The predicted molar refractivity (Wildman–Crippen MR) is 140 cm³/mol. The molecule has 0 bridgehead atoms. The molecular formula is C27H26Cl2N2O7. The molecule has 0 radical (unpaired) electrons. The van der Waals surface area contributed by atoms with Gasteiger partial charge in [0.2, 0.25) is 11.8 Å². The summed E-state index contributed by atoms with van der Waals surface area (Å²) in [7, 11) is 0. The fraction of sp³-hybridized carbons (Fsp3) is 0.370. The van der Waals surface area contributed by atoms with Crippen LogP contribution in [0.4, 0.5) is 11.4 Å². The molecule has 1 aliphatic carbocycles. The normalized spacial score (nSPS) is 22.6. The van der Waals surface area contributed by atoms with E-state index in [4.69, 9.17) is 32.7 Å². The first-order valence-corrected chi connectivity index (χ1v) is 13.1. The highest BCUT2D eigenvalue weighted by Crippen LogP contribution is 2.43. The van der Waals surface area contributed by atoms with Crippen molar-refractivity contribution in [3.8, 4) is 0 Å². The summed E-state index contributed by atoms with van der Waals surface area (Å²) < 4.78 is 10.2. The molecule has 2 aromatic rings. The van der Waals surface area contributed by atoms with E-state index < -0.39 is 47.0 Å². The number of hydrogen-bond acceptors (Lipinski definition) is 7. The minimum absolute atomic E-state index is 0.0751. The van der Waals surface area contributed by atoms with Crippen molar-refractivity contribution < 1.29 is 33.4 Å². The number of nitrogens with zero attached hydrogens (tertiary/aromatic N) is 1. The van der Waals surface area contributed by atoms with Gasteiger partial charge in [-0.3, -0.25) is 19.3 Å². The highest BCUT2D eigenvalue weighted by molar-refractivity contribution is 6.31. The number of rotatable bonds is 8. The number of esters is 2. The Labute approximate surface area is 229 Å². The molecule has 200 valence electrons. The number of halogens is 2. The first-order chi connectivity index (χ1) is 18.2. The van der Waals surface area contributed by atoms with Crippen LogP contribution in [0.5, 0.6) is 0 Å². The molecular weight excluding hydrogens is 535 g/mol. The number of carbonyl (C=O) groups is 5. The highest BCUT2D eigenvalue weighted by Gasteiger charge is 2.52. The number of imide groups is 1. The Bertz CT molecular complexity index is 1220. The van der Waals surface area contributed by atoms with Crippen LogP contribution < -0.4 is 10.2 Å². The fourth-order valence-electron chi connectivity index (χ4n) is 4.50. The molecule has 1 N–H and O–H groups in total. The summed E-state index contributed by atoms with van der Waals surface area (Å²) in [5.74, 6) is -3.67. The van der Waals surface area contributed by atoms with Crippen molar-refractivity contribution in [2.75, 3.05) is 23.4 Å². The number of ether oxygens (including phenoxy) is 2. The second-order valence-electron chi connectivity index (χ2n) is 9.12. The van der Waals surface area contributed by atoms with Gasteiger partial charge in [0.15, 0.2) is 6.61 Å². The van der Waals surface area contributed by atoms with Gasteiger partial charge in [-0.15, -0.1) is 23.2 Å². The molecule has 0 unspecified atom stereocenters. The summed E-state index contributed by atoms with van der Waals surface area (Å²) in [5, 5.41) is 1.77. The molecule has 0 spiro atoms. The van der Waals surface area contributed by atoms with Gasteiger partial charge >= 0.3 is 11.9 Å². The van der Waals surface area contributed by atoms with Gasteiger partial charge in [0.1, 0.15) is 0 Å². The van der Waals surface area contributed by atoms with Crippen LogP contribution in [0.3, 0.4) is 0 Å². The molecule has 0 aromatic heterocycles. The molecule has 2 aromatic carbocycles. The van der Waals surface area contributed by atoms with Crippen LogP contribution in [0.25, 0.3) is 0 Å². The van der Waals surface area contributed by atoms with Crippen LogP contribution in [0, 0.1) is 11.8 Å². The van der Waals surface area contributed by atoms with Crippen LogP contribution in [-0.2, 0) is 23.9 Å². The number of benzene rings is 2. The van der Waals surface area contributed by atoms with Crippen molar-refractivity contribution >= 4 is 64.2 Å². The van der Waals surface area contributed by atoms with Crippen LogP contribution in [0.1, 0.15) is 46.9 Å². The van der Waals surface area contributed by atoms with Crippen molar-refractivity contribution in [1.29, 1.82) is 0 Å². The quantitative estimate of drug-likeness (QED) is 0.292. The Morgan fingerprint density at radius 1 is 0.895 bits per heavy atom. The van der Waals surface area contributed by atoms with Crippen molar-refractivity contribution in [2.45, 2.75) is 36.9 Å². The number of alkyl halides is 2. The largest absolute Gasteiger partial charge is 0.462 e. The maximum atomic E-state index is 13.0. The van der Waals surface area contributed by atoms with Gasteiger partial charge in [-0.2, -0.15) is 0 Å². The number of amides is 3. The van der Waals surface area contributed by atoms with Gasteiger partial charge in [-0.1, -0.05) is 13.0 Å². The van der Waals surface area contributed by atoms with E-state index in [1.54, 1.807) is 6.07 Å². The highest BCUT2D eigenvalue weighted by atomic mass is 35.5. The van der Waals surface area contributed by atoms with Crippen molar-refractivity contribution in [1.82, 2.24) is 0 Å². The zero-order valence-corrected chi connectivity index (χ0v) is 22.0. The molecule has 4 rings (SSSR count). The van der Waals surface area contributed by atoms with Gasteiger partial charge in [0.05, 0.1) is 46.0 Å². The average molecular weight is 561 g/mol. The van der Waals surface area contributed by atoms with Gasteiger partial charge < -0.3 is 14.8 Å². The lowest BCUT2D eigenvalue weighted by Gasteiger charge is -2.28. The monoisotopic (exact) mass is 560 g/mol. The number of fused-ring (bicyclic) bond motifs is 1. The van der Waals surface area contributed by atoms with E-state index in [1.807, 2.05) is 6.92 Å². The van der Waals surface area contributed by atoms with E-state index in [1.165, 1.54) is 42.5 Å². The molecule has 2 fully saturated rings. The summed E-state index contributed by atoms with van der Waals surface area (Å²) in [5.41, 5.74) is 1.07. The van der Waals surface area contributed by atoms with E-state index in [2.05, 4.69) is 5.32 Å². The predicted octanol–water partition coefficient (Wildman–Crippen LogP) is 4.16. The second-order valence-corrected chi connectivity index (χ2v) is 10.2. The van der Waals surface area contributed by atoms with Crippen molar-refractivity contribution in [3.63, 3.8) is 0 Å². The van der Waals surface area contributed by atoms with E-state index in [0.29, 0.717) is 37.1 Å². The van der Waals surface area contributed by atoms with Gasteiger partial charge in [0.25, 0.3) is 5.91 Å². The molecule has 4 atom stereocenters. The topological polar surface area (TPSA) is 119 Å². The van der Waals surface area contributed by atoms with Crippen molar-refractivity contribution in [3.05, 3.63) is 59.7 Å². The minimum Gasteiger partial charge on any atom is -0.462 e. The number of carbonyl (C=O) groups excluding carboxylic acids is 5. The van der Waals surface area contributed by atoms with E-state index in [-0.39, 0.29) is 23.1 Å². The lowest BCUT2D eigenvalue weighted by Crippen LogP contribution is -2.34. The minimum atomic E-state index is -0.797. The Hall–Kier alpha value is -3.43. The van der Waals surface area contributed by atoms with Crippen LogP contribution in [0.2, 0.25) is 0 Å². The standard InChI is InChI=1S/C27H26Cl2N2O7/c1-2-10-37-26(35)15-6-8-17(9-7-15)30-23(32)14-38-27(36)16-4-3-5-18(11-16)31-24(33)19-12-21(28)22(29)13-20(19)25(31)34/h3-9,11,19-22H,2,10,12-14H2,1H3,(H,30,32)/t19-,20+,21+,22-. The van der Waals surface area contributed by atoms with E-state index in [9.17, 15) is 24.0 Å². The summed E-state index contributed by atoms with van der Waals surface area (Å²) in [6.45, 7) is 1.65. The molecule has 1 heterocycles. The third kappa shape index (κ3) is 6.00. The van der Waals surface area contributed by atoms with Gasteiger partial charge in [-0.25, -0.2) is 9.59 Å². The Kier molecular flexibility index (Phi) is 8.69. The second kappa shape index (κ2) is 12.0. The lowest BCUT2D eigenvalue weighted by atomic mass is 9.80. The first kappa shape index (κ1) is 27.6. The molecule has 9 nitrogen and oxygen atoms in total. The van der Waals surface area contributed by atoms with E-state index >= 15 is 0 Å². The molecule has 38 heavy (non-hydrogen) atoms. The third-order valence-corrected chi connectivity index (χ3v) is 7.52. The lowest BCUT2D eigenvalue weighted by molar-refractivity contribution is -0.122. The Morgan fingerprint density at radius 3 is 2.11 bits per heavy atom. The summed E-state index contributed by atoms with van der Waals surface area (Å²) in [6.07, 6.45) is 1.33. The molecule has 1 aliphatic heterocycles. The van der Waals surface area contributed by atoms with E-state index in [0.717, 1.165) is 4.90 Å². The molecule has 1 saturated heterocycles. The van der Waals surface area contributed by atoms with Gasteiger partial charge in [-0.05, 0) is 61.7 Å². The third-order valence-electron chi connectivity index (χ3n) is 6.43. The molecule has 3 amide bonds. The zero-order valence-electron chi connectivity index (χ0n) is 20.5. The Balaban J connectivity index is 1.34. The van der Waals surface area contributed by atoms with Gasteiger partial charge in [0, 0.05) is 5.69 Å². The SMILES string of the molecule is CCCOC(=O)c1ccc(NC(=O)COC(=O)c2cccc(N3C(=O)[C@H]4C[C@@H](Cl)[C@@H](Cl)C[C@H]4C3=O)c2)cc1. The maximum Gasteiger partial charge on any atom is 0.338 e. The van der Waals surface area contributed by atoms with Crippen LogP contribution in [-0.4, -0.2) is 53.6 Å². The smallest absolute Gasteiger partial charge is 0.338 e. The average Bonchev–Trinajstić information content (AvgIpc) is 3.15. The van der Waals surface area contributed by atoms with Crippen molar-refractivity contribution in [2.24, 2.45) is 11.8 Å². The zero-order chi connectivity index (χ0) is 27.4.